The highest BCUT2D eigenvalue weighted by molar-refractivity contribution is 5.35. The van der Waals surface area contributed by atoms with E-state index < -0.39 is 5.60 Å². The van der Waals surface area contributed by atoms with Gasteiger partial charge in [0.05, 0.1) is 17.2 Å². The Morgan fingerprint density at radius 2 is 2.25 bits per heavy atom. The molecular weight excluding hydrogens is 202 g/mol. The smallest absolute Gasteiger partial charge is 0.0991 e. The standard InChI is InChI=1S/C13H17NO2/c1-13(15,7-4-8-16-2)12-6-3-5-11(9-12)10-14/h3,5-6,9,15H,4,7-8H2,1-2H3. The van der Waals surface area contributed by atoms with Crippen LogP contribution in [0.2, 0.25) is 0 Å². The number of hydrogen-bond donors (Lipinski definition) is 1. The summed E-state index contributed by atoms with van der Waals surface area (Å²) < 4.78 is 4.95. The van der Waals surface area contributed by atoms with Crippen LogP contribution in [-0.2, 0) is 10.3 Å². The van der Waals surface area contributed by atoms with Gasteiger partial charge in [-0.2, -0.15) is 5.26 Å². The van der Waals surface area contributed by atoms with Crippen LogP contribution in [0.4, 0.5) is 0 Å². The van der Waals surface area contributed by atoms with Gasteiger partial charge in [-0.3, -0.25) is 0 Å². The molecular formula is C13H17NO2. The van der Waals surface area contributed by atoms with E-state index in [0.29, 0.717) is 18.6 Å². The van der Waals surface area contributed by atoms with Gasteiger partial charge in [-0.25, -0.2) is 0 Å². The van der Waals surface area contributed by atoms with E-state index in [1.807, 2.05) is 6.07 Å². The molecule has 1 aromatic carbocycles. The Bertz CT molecular complexity index is 380. The fourth-order valence-electron chi connectivity index (χ4n) is 1.63. The summed E-state index contributed by atoms with van der Waals surface area (Å²) >= 11 is 0. The molecule has 0 radical (unpaired) electrons. The molecule has 3 heteroatoms. The lowest BCUT2D eigenvalue weighted by molar-refractivity contribution is 0.0372. The number of benzene rings is 1. The zero-order valence-corrected chi connectivity index (χ0v) is 9.73. The SMILES string of the molecule is COCCCC(C)(O)c1cccc(C#N)c1. The Balaban J connectivity index is 2.77. The minimum absolute atomic E-state index is 0.574. The van der Waals surface area contributed by atoms with Crippen molar-refractivity contribution in [1.29, 1.82) is 5.26 Å². The highest BCUT2D eigenvalue weighted by atomic mass is 16.5. The fourth-order valence-corrected chi connectivity index (χ4v) is 1.63. The third-order valence-electron chi connectivity index (χ3n) is 2.63. The summed E-state index contributed by atoms with van der Waals surface area (Å²) in [5, 5.41) is 19.1. The second-order valence-electron chi connectivity index (χ2n) is 4.06. The number of nitriles is 1. The quantitative estimate of drug-likeness (QED) is 0.772. The molecule has 0 saturated carbocycles. The monoisotopic (exact) mass is 219 g/mol. The fraction of sp³-hybridized carbons (Fsp3) is 0.462. The largest absolute Gasteiger partial charge is 0.385 e. The molecule has 1 N–H and O–H groups in total. The molecule has 86 valence electrons. The second kappa shape index (κ2) is 5.64. The van der Waals surface area contributed by atoms with Crippen molar-refractivity contribution in [2.45, 2.75) is 25.4 Å². The first-order chi connectivity index (χ1) is 7.60. The van der Waals surface area contributed by atoms with Crippen LogP contribution in [0.1, 0.15) is 30.9 Å². The minimum atomic E-state index is -0.897. The van der Waals surface area contributed by atoms with E-state index in [1.54, 1.807) is 32.2 Å². The Hall–Kier alpha value is -1.37. The predicted molar refractivity (Wildman–Crippen MR) is 61.8 cm³/mol. The molecule has 1 atom stereocenters. The van der Waals surface area contributed by atoms with Crippen molar-refractivity contribution in [1.82, 2.24) is 0 Å². The molecule has 0 bridgehead atoms. The van der Waals surface area contributed by atoms with Crippen molar-refractivity contribution in [3.8, 4) is 6.07 Å². The molecule has 0 spiro atoms. The lowest BCUT2D eigenvalue weighted by atomic mass is 9.90. The summed E-state index contributed by atoms with van der Waals surface area (Å²) in [5.74, 6) is 0. The van der Waals surface area contributed by atoms with Crippen LogP contribution in [0.15, 0.2) is 24.3 Å². The number of ether oxygens (including phenoxy) is 1. The summed E-state index contributed by atoms with van der Waals surface area (Å²) in [5.41, 5.74) is 0.456. The molecule has 16 heavy (non-hydrogen) atoms. The molecule has 1 aromatic rings. The number of rotatable bonds is 5. The highest BCUT2D eigenvalue weighted by Gasteiger charge is 2.22. The van der Waals surface area contributed by atoms with Gasteiger partial charge in [-0.1, -0.05) is 12.1 Å². The maximum absolute atomic E-state index is 10.3. The number of nitrogens with zero attached hydrogens (tertiary/aromatic N) is 1. The Morgan fingerprint density at radius 1 is 1.50 bits per heavy atom. The van der Waals surface area contributed by atoms with Crippen molar-refractivity contribution in [3.63, 3.8) is 0 Å². The summed E-state index contributed by atoms with van der Waals surface area (Å²) in [4.78, 5) is 0. The van der Waals surface area contributed by atoms with Gasteiger partial charge >= 0.3 is 0 Å². The van der Waals surface area contributed by atoms with Crippen LogP contribution < -0.4 is 0 Å². The molecule has 0 heterocycles. The van der Waals surface area contributed by atoms with Crippen LogP contribution in [0.5, 0.6) is 0 Å². The first-order valence-corrected chi connectivity index (χ1v) is 5.32. The van der Waals surface area contributed by atoms with E-state index in [0.717, 1.165) is 12.0 Å². The van der Waals surface area contributed by atoms with E-state index in [1.165, 1.54) is 0 Å². The van der Waals surface area contributed by atoms with Gasteiger partial charge in [0.15, 0.2) is 0 Å². The maximum Gasteiger partial charge on any atom is 0.0991 e. The van der Waals surface area contributed by atoms with Crippen molar-refractivity contribution in [2.24, 2.45) is 0 Å². The molecule has 1 unspecified atom stereocenters. The maximum atomic E-state index is 10.3. The first-order valence-electron chi connectivity index (χ1n) is 5.32. The Kier molecular flexibility index (Phi) is 4.48. The molecule has 0 aromatic heterocycles. The van der Waals surface area contributed by atoms with Crippen LogP contribution in [-0.4, -0.2) is 18.8 Å². The summed E-state index contributed by atoms with van der Waals surface area (Å²) in [7, 11) is 1.64. The predicted octanol–water partition coefficient (Wildman–Crippen LogP) is 2.19. The average Bonchev–Trinajstić information content (AvgIpc) is 2.29. The van der Waals surface area contributed by atoms with Crippen molar-refractivity contribution >= 4 is 0 Å². The topological polar surface area (TPSA) is 53.2 Å². The van der Waals surface area contributed by atoms with Crippen molar-refractivity contribution in [3.05, 3.63) is 35.4 Å². The molecule has 1 rings (SSSR count). The molecule has 0 aliphatic heterocycles. The lowest BCUT2D eigenvalue weighted by Crippen LogP contribution is -2.21. The summed E-state index contributed by atoms with van der Waals surface area (Å²) in [6.45, 7) is 2.40. The second-order valence-corrected chi connectivity index (χ2v) is 4.06. The normalized spacial score (nSPS) is 14.1. The third-order valence-corrected chi connectivity index (χ3v) is 2.63. The molecule has 0 aliphatic carbocycles. The summed E-state index contributed by atoms with van der Waals surface area (Å²) in [6.07, 6.45) is 1.41. The Labute approximate surface area is 96.3 Å². The van der Waals surface area contributed by atoms with Gasteiger partial charge in [0.25, 0.3) is 0 Å². The number of hydrogen-bond acceptors (Lipinski definition) is 3. The van der Waals surface area contributed by atoms with Gasteiger partial charge in [-0.15, -0.1) is 0 Å². The highest BCUT2D eigenvalue weighted by Crippen LogP contribution is 2.26. The number of methoxy groups -OCH3 is 1. The zero-order chi connectivity index (χ0) is 12.0. The van der Waals surface area contributed by atoms with E-state index in [9.17, 15) is 5.11 Å². The van der Waals surface area contributed by atoms with Gasteiger partial charge in [0.2, 0.25) is 0 Å². The minimum Gasteiger partial charge on any atom is -0.385 e. The van der Waals surface area contributed by atoms with Gasteiger partial charge in [0.1, 0.15) is 0 Å². The van der Waals surface area contributed by atoms with Gasteiger partial charge in [-0.05, 0) is 37.5 Å². The van der Waals surface area contributed by atoms with Crippen LogP contribution in [0, 0.1) is 11.3 Å². The van der Waals surface area contributed by atoms with Crippen molar-refractivity contribution < 1.29 is 9.84 Å². The molecule has 3 nitrogen and oxygen atoms in total. The van der Waals surface area contributed by atoms with Gasteiger partial charge in [0, 0.05) is 13.7 Å². The Morgan fingerprint density at radius 3 is 2.88 bits per heavy atom. The van der Waals surface area contributed by atoms with Crippen LogP contribution >= 0.6 is 0 Å². The van der Waals surface area contributed by atoms with E-state index in [4.69, 9.17) is 10.00 Å². The molecule has 0 aliphatic rings. The van der Waals surface area contributed by atoms with Crippen LogP contribution in [0.3, 0.4) is 0 Å². The van der Waals surface area contributed by atoms with Gasteiger partial charge < -0.3 is 9.84 Å². The molecule has 0 saturated heterocycles. The number of aliphatic hydroxyl groups is 1. The molecule has 0 fully saturated rings. The van der Waals surface area contributed by atoms with Crippen LogP contribution in [0.25, 0.3) is 0 Å². The zero-order valence-electron chi connectivity index (χ0n) is 9.73. The third kappa shape index (κ3) is 3.34. The van der Waals surface area contributed by atoms with E-state index >= 15 is 0 Å². The van der Waals surface area contributed by atoms with E-state index in [-0.39, 0.29) is 0 Å². The average molecular weight is 219 g/mol. The van der Waals surface area contributed by atoms with Crippen molar-refractivity contribution in [2.75, 3.05) is 13.7 Å². The first kappa shape index (κ1) is 12.7. The van der Waals surface area contributed by atoms with E-state index in [2.05, 4.69) is 6.07 Å². The summed E-state index contributed by atoms with van der Waals surface area (Å²) in [6, 6.07) is 9.16. The molecule has 0 amide bonds. The lowest BCUT2D eigenvalue weighted by Gasteiger charge is -2.23.